The zero-order valence-electron chi connectivity index (χ0n) is 8.25. The van der Waals surface area contributed by atoms with Gasteiger partial charge in [0.05, 0.1) is 0 Å². The van der Waals surface area contributed by atoms with Crippen molar-refractivity contribution in [3.8, 4) is 0 Å². The second-order valence-electron chi connectivity index (χ2n) is 3.84. The van der Waals surface area contributed by atoms with E-state index in [4.69, 9.17) is 5.11 Å². The van der Waals surface area contributed by atoms with E-state index in [1.54, 1.807) is 0 Å². The van der Waals surface area contributed by atoms with Crippen molar-refractivity contribution in [1.82, 2.24) is 0 Å². The van der Waals surface area contributed by atoms with Crippen molar-refractivity contribution < 1.29 is 9.90 Å². The molecule has 0 bridgehead atoms. The van der Waals surface area contributed by atoms with Gasteiger partial charge in [-0.3, -0.25) is 4.79 Å². The van der Waals surface area contributed by atoms with Crippen LogP contribution in [0.15, 0.2) is 11.6 Å². The third-order valence-corrected chi connectivity index (χ3v) is 2.86. The molecule has 0 radical (unpaired) electrons. The summed E-state index contributed by atoms with van der Waals surface area (Å²) in [6.45, 7) is 2.08. The third kappa shape index (κ3) is 3.62. The predicted molar refractivity (Wildman–Crippen MR) is 52.6 cm³/mol. The maximum absolute atomic E-state index is 10.5. The molecule has 0 spiro atoms. The Morgan fingerprint density at radius 2 is 2.31 bits per heavy atom. The summed E-state index contributed by atoms with van der Waals surface area (Å²) in [5.41, 5.74) is 1.51. The Labute approximate surface area is 79.6 Å². The van der Waals surface area contributed by atoms with Gasteiger partial charge in [0, 0.05) is 6.42 Å². The summed E-state index contributed by atoms with van der Waals surface area (Å²) in [5, 5.41) is 8.67. The van der Waals surface area contributed by atoms with Gasteiger partial charge in [0.15, 0.2) is 0 Å². The molecule has 1 unspecified atom stereocenters. The number of allylic oxidation sites excluding steroid dienone is 2. The molecule has 0 amide bonds. The number of rotatable bonds is 2. The highest BCUT2D eigenvalue weighted by molar-refractivity contribution is 5.67. The highest BCUT2D eigenvalue weighted by Gasteiger charge is 2.16. The summed E-state index contributed by atoms with van der Waals surface area (Å²) in [6, 6.07) is 0. The maximum Gasteiger partial charge on any atom is 0.303 e. The molecule has 0 aromatic rings. The van der Waals surface area contributed by atoms with Crippen LogP contribution in [0.25, 0.3) is 0 Å². The van der Waals surface area contributed by atoms with Crippen LogP contribution in [-0.4, -0.2) is 11.1 Å². The van der Waals surface area contributed by atoms with E-state index >= 15 is 0 Å². The van der Waals surface area contributed by atoms with E-state index in [0.29, 0.717) is 12.3 Å². The van der Waals surface area contributed by atoms with Crippen LogP contribution in [0.1, 0.15) is 45.4 Å². The molecule has 1 atom stereocenters. The van der Waals surface area contributed by atoms with Crippen LogP contribution in [0, 0.1) is 5.92 Å². The van der Waals surface area contributed by atoms with Gasteiger partial charge in [-0.15, -0.1) is 0 Å². The number of hydrogen-bond donors (Lipinski definition) is 1. The predicted octanol–water partition coefficient (Wildman–Crippen LogP) is 2.99. The normalized spacial score (nSPS) is 27.2. The number of carbonyl (C=O) groups is 1. The summed E-state index contributed by atoms with van der Waals surface area (Å²) >= 11 is 0. The Bertz CT molecular complexity index is 206. The average Bonchev–Trinajstić information content (AvgIpc) is 2.29. The van der Waals surface area contributed by atoms with Crippen molar-refractivity contribution in [3.63, 3.8) is 0 Å². The Balaban J connectivity index is 2.40. The lowest BCUT2D eigenvalue weighted by Crippen LogP contribution is -2.06. The third-order valence-electron chi connectivity index (χ3n) is 2.86. The zero-order valence-corrected chi connectivity index (χ0v) is 8.25. The molecule has 0 aliphatic heterocycles. The van der Waals surface area contributed by atoms with Gasteiger partial charge >= 0.3 is 5.97 Å². The van der Waals surface area contributed by atoms with E-state index in [-0.39, 0.29) is 0 Å². The number of hydrogen-bond acceptors (Lipinski definition) is 1. The molecule has 0 aromatic heterocycles. The second kappa shape index (κ2) is 5.05. The minimum Gasteiger partial charge on any atom is -0.481 e. The van der Waals surface area contributed by atoms with Gasteiger partial charge in [0.1, 0.15) is 0 Å². The van der Waals surface area contributed by atoms with E-state index in [1.165, 1.54) is 12.0 Å². The molecule has 1 fully saturated rings. The van der Waals surface area contributed by atoms with Crippen molar-refractivity contribution in [1.29, 1.82) is 0 Å². The molecule has 0 aromatic carbocycles. The molecule has 0 saturated heterocycles. The van der Waals surface area contributed by atoms with Crippen molar-refractivity contribution in [2.75, 3.05) is 0 Å². The minimum atomic E-state index is -0.645. The van der Waals surface area contributed by atoms with Gasteiger partial charge in [-0.05, 0) is 44.9 Å². The molecule has 0 heterocycles. The van der Waals surface area contributed by atoms with Crippen LogP contribution in [0.4, 0.5) is 0 Å². The van der Waals surface area contributed by atoms with Crippen LogP contribution < -0.4 is 0 Å². The van der Waals surface area contributed by atoms with Gasteiger partial charge in [0.25, 0.3) is 0 Å². The summed E-state index contributed by atoms with van der Waals surface area (Å²) < 4.78 is 0. The quantitative estimate of drug-likeness (QED) is 0.526. The van der Waals surface area contributed by atoms with E-state index in [2.05, 4.69) is 13.0 Å². The van der Waals surface area contributed by atoms with Gasteiger partial charge in [-0.2, -0.15) is 0 Å². The first kappa shape index (κ1) is 10.3. The van der Waals surface area contributed by atoms with Crippen LogP contribution in [0.5, 0.6) is 0 Å². The van der Waals surface area contributed by atoms with Crippen molar-refractivity contribution in [2.24, 2.45) is 5.92 Å². The highest BCUT2D eigenvalue weighted by atomic mass is 16.4. The summed E-state index contributed by atoms with van der Waals surface area (Å²) in [5.74, 6) is -0.233. The first-order chi connectivity index (χ1) is 6.22. The number of aliphatic carboxylic acids is 1. The summed E-state index contributed by atoms with van der Waals surface area (Å²) in [6.07, 6.45) is 8.13. The highest BCUT2D eigenvalue weighted by Crippen LogP contribution is 2.28. The summed E-state index contributed by atoms with van der Waals surface area (Å²) in [4.78, 5) is 10.5. The van der Waals surface area contributed by atoms with Crippen molar-refractivity contribution >= 4 is 5.97 Å². The number of carboxylic acids is 1. The topological polar surface area (TPSA) is 37.3 Å². The van der Waals surface area contributed by atoms with E-state index in [1.807, 2.05) is 0 Å². The Kier molecular flexibility index (Phi) is 4.00. The van der Waals surface area contributed by atoms with Crippen LogP contribution in [0.3, 0.4) is 0 Å². The largest absolute Gasteiger partial charge is 0.481 e. The summed E-state index contributed by atoms with van der Waals surface area (Å²) in [7, 11) is 0. The first-order valence-electron chi connectivity index (χ1n) is 5.08. The van der Waals surface area contributed by atoms with Crippen LogP contribution >= 0.6 is 0 Å². The lowest BCUT2D eigenvalue weighted by molar-refractivity contribution is -0.138. The molecule has 2 heteroatoms. The van der Waals surface area contributed by atoms with E-state index in [0.717, 1.165) is 25.7 Å². The smallest absolute Gasteiger partial charge is 0.303 e. The monoisotopic (exact) mass is 182 g/mol. The zero-order chi connectivity index (χ0) is 9.68. The average molecular weight is 182 g/mol. The standard InChI is InChI=1S/C11H18O2/c1-2-9-4-3-5-10(7-6-9)8-11(12)13/h2,10H,3-8H2,1H3,(H,12,13)/b9-2-. The number of carboxylic acid groups (broad SMARTS) is 1. The van der Waals surface area contributed by atoms with Gasteiger partial charge in [0.2, 0.25) is 0 Å². The molecule has 1 aliphatic carbocycles. The fourth-order valence-corrected chi connectivity index (χ4v) is 2.02. The molecular formula is C11H18O2. The van der Waals surface area contributed by atoms with E-state index < -0.39 is 5.97 Å². The molecule has 1 N–H and O–H groups in total. The van der Waals surface area contributed by atoms with Crippen LogP contribution in [0.2, 0.25) is 0 Å². The minimum absolute atomic E-state index is 0.358. The Morgan fingerprint density at radius 1 is 1.54 bits per heavy atom. The van der Waals surface area contributed by atoms with Gasteiger partial charge in [-0.1, -0.05) is 11.6 Å². The fourth-order valence-electron chi connectivity index (χ4n) is 2.02. The van der Waals surface area contributed by atoms with Gasteiger partial charge < -0.3 is 5.11 Å². The molecule has 13 heavy (non-hydrogen) atoms. The first-order valence-corrected chi connectivity index (χ1v) is 5.08. The molecular weight excluding hydrogens is 164 g/mol. The second-order valence-corrected chi connectivity index (χ2v) is 3.84. The van der Waals surface area contributed by atoms with Crippen molar-refractivity contribution in [2.45, 2.75) is 45.4 Å². The van der Waals surface area contributed by atoms with Gasteiger partial charge in [-0.25, -0.2) is 0 Å². The fraction of sp³-hybridized carbons (Fsp3) is 0.727. The lowest BCUT2D eigenvalue weighted by atomic mass is 9.97. The molecule has 1 rings (SSSR count). The Hall–Kier alpha value is -0.790. The van der Waals surface area contributed by atoms with E-state index in [9.17, 15) is 4.79 Å². The lowest BCUT2D eigenvalue weighted by Gasteiger charge is -2.09. The molecule has 1 aliphatic rings. The molecule has 1 saturated carbocycles. The molecule has 74 valence electrons. The van der Waals surface area contributed by atoms with Crippen molar-refractivity contribution in [3.05, 3.63) is 11.6 Å². The van der Waals surface area contributed by atoms with Crippen LogP contribution in [-0.2, 0) is 4.79 Å². The SMILES string of the molecule is C/C=C1/CCCC(CC(=O)O)CC1. The molecule has 2 nitrogen and oxygen atoms in total. The Morgan fingerprint density at radius 3 is 2.92 bits per heavy atom. The maximum atomic E-state index is 10.5.